The number of benzene rings is 3. The molecule has 2 aliphatic rings. The molecule has 0 aliphatic carbocycles. The van der Waals surface area contributed by atoms with E-state index in [9.17, 15) is 14.0 Å². The van der Waals surface area contributed by atoms with Gasteiger partial charge in [-0.15, -0.1) is 0 Å². The van der Waals surface area contributed by atoms with Crippen LogP contribution in [-0.4, -0.2) is 31.6 Å². The van der Waals surface area contributed by atoms with Crippen LogP contribution >= 0.6 is 0 Å². The van der Waals surface area contributed by atoms with Crippen molar-refractivity contribution in [1.82, 2.24) is 0 Å². The molecule has 0 atom stereocenters. The normalized spacial score (nSPS) is 14.4. The number of anilines is 2. The predicted octanol–water partition coefficient (Wildman–Crippen LogP) is 4.37. The van der Waals surface area contributed by atoms with Crippen molar-refractivity contribution >= 4 is 23.2 Å². The van der Waals surface area contributed by atoms with Crippen LogP contribution in [-0.2, 0) is 17.6 Å². The van der Waals surface area contributed by atoms with Crippen molar-refractivity contribution < 1.29 is 23.5 Å². The quantitative estimate of drug-likeness (QED) is 0.646. The van der Waals surface area contributed by atoms with Crippen LogP contribution in [0.25, 0.3) is 0 Å². The molecule has 168 valence electrons. The molecule has 33 heavy (non-hydrogen) atoms. The fourth-order valence-corrected chi connectivity index (χ4v) is 4.26. The summed E-state index contributed by atoms with van der Waals surface area (Å²) in [4.78, 5) is 27.6. The predicted molar refractivity (Wildman–Crippen MR) is 123 cm³/mol. The molecule has 0 aromatic heterocycles. The van der Waals surface area contributed by atoms with Gasteiger partial charge in [-0.3, -0.25) is 9.59 Å². The third-order valence-corrected chi connectivity index (χ3v) is 5.87. The molecule has 2 heterocycles. The van der Waals surface area contributed by atoms with Crippen LogP contribution < -0.4 is 19.7 Å². The van der Waals surface area contributed by atoms with Gasteiger partial charge in [-0.2, -0.15) is 0 Å². The van der Waals surface area contributed by atoms with Crippen molar-refractivity contribution in [2.75, 3.05) is 30.0 Å². The van der Waals surface area contributed by atoms with E-state index in [2.05, 4.69) is 5.32 Å². The highest BCUT2D eigenvalue weighted by Crippen LogP contribution is 2.35. The molecule has 6 nitrogen and oxygen atoms in total. The second kappa shape index (κ2) is 8.94. The number of rotatable bonds is 4. The lowest BCUT2D eigenvalue weighted by Crippen LogP contribution is -2.37. The van der Waals surface area contributed by atoms with Gasteiger partial charge in [0.2, 0.25) is 5.91 Å². The van der Waals surface area contributed by atoms with Gasteiger partial charge < -0.3 is 19.7 Å². The van der Waals surface area contributed by atoms with Gasteiger partial charge in [0.25, 0.3) is 5.91 Å². The molecule has 0 unspecified atom stereocenters. The number of carbonyl (C=O) groups excluding carboxylic acids is 2. The Bertz CT molecular complexity index is 1210. The SMILES string of the molecule is O=C(Nc1cccc2c1CCCN2C(=O)Cc1ccc2c(c1)OCCO2)c1ccc(F)cc1. The third kappa shape index (κ3) is 4.39. The number of hydrogen-bond acceptors (Lipinski definition) is 4. The Morgan fingerprint density at radius 3 is 2.58 bits per heavy atom. The average Bonchev–Trinajstić information content (AvgIpc) is 2.84. The van der Waals surface area contributed by atoms with E-state index in [1.165, 1.54) is 24.3 Å². The van der Waals surface area contributed by atoms with E-state index in [1.54, 1.807) is 4.90 Å². The molecule has 5 rings (SSSR count). The minimum Gasteiger partial charge on any atom is -0.486 e. The van der Waals surface area contributed by atoms with Crippen molar-refractivity contribution in [3.05, 3.63) is 83.2 Å². The minimum atomic E-state index is -0.393. The molecule has 0 bridgehead atoms. The smallest absolute Gasteiger partial charge is 0.255 e. The monoisotopic (exact) mass is 446 g/mol. The van der Waals surface area contributed by atoms with Crippen LogP contribution in [0, 0.1) is 5.82 Å². The number of nitrogens with zero attached hydrogens (tertiary/aromatic N) is 1. The topological polar surface area (TPSA) is 67.9 Å². The largest absolute Gasteiger partial charge is 0.486 e. The number of nitrogens with one attached hydrogen (secondary N) is 1. The molecule has 3 aromatic rings. The first-order valence-corrected chi connectivity index (χ1v) is 11.0. The Labute approximate surface area is 190 Å². The van der Waals surface area contributed by atoms with E-state index in [0.29, 0.717) is 42.5 Å². The summed E-state index contributed by atoms with van der Waals surface area (Å²) in [6.45, 7) is 1.64. The molecule has 2 aliphatic heterocycles. The molecule has 0 saturated heterocycles. The summed E-state index contributed by atoms with van der Waals surface area (Å²) >= 11 is 0. The molecule has 0 saturated carbocycles. The summed E-state index contributed by atoms with van der Waals surface area (Å²) in [6.07, 6.45) is 1.79. The molecule has 0 fully saturated rings. The van der Waals surface area contributed by atoms with Gasteiger partial charge in [-0.1, -0.05) is 12.1 Å². The maximum absolute atomic E-state index is 13.2. The van der Waals surface area contributed by atoms with E-state index < -0.39 is 5.82 Å². The molecule has 3 aromatic carbocycles. The Balaban J connectivity index is 1.35. The number of fused-ring (bicyclic) bond motifs is 2. The Hall–Kier alpha value is -3.87. The lowest BCUT2D eigenvalue weighted by Gasteiger charge is -2.31. The Kier molecular flexibility index (Phi) is 5.69. The summed E-state index contributed by atoms with van der Waals surface area (Å²) in [6, 6.07) is 16.6. The highest BCUT2D eigenvalue weighted by Gasteiger charge is 2.25. The fraction of sp³-hybridized carbons (Fsp3) is 0.231. The molecule has 1 N–H and O–H groups in total. The van der Waals surface area contributed by atoms with Gasteiger partial charge in [0.05, 0.1) is 6.42 Å². The van der Waals surface area contributed by atoms with Crippen LogP contribution in [0.15, 0.2) is 60.7 Å². The molecule has 7 heteroatoms. The van der Waals surface area contributed by atoms with Crippen molar-refractivity contribution in [2.24, 2.45) is 0 Å². The minimum absolute atomic E-state index is 0.0189. The van der Waals surface area contributed by atoms with Gasteiger partial charge in [0.15, 0.2) is 11.5 Å². The molecule has 0 spiro atoms. The average molecular weight is 446 g/mol. The van der Waals surface area contributed by atoms with E-state index in [0.717, 1.165) is 29.7 Å². The Morgan fingerprint density at radius 2 is 1.76 bits per heavy atom. The number of amides is 2. The number of carbonyl (C=O) groups is 2. The highest BCUT2D eigenvalue weighted by molar-refractivity contribution is 6.05. The zero-order valence-corrected chi connectivity index (χ0v) is 18.0. The second-order valence-electron chi connectivity index (χ2n) is 8.07. The summed E-state index contributed by atoms with van der Waals surface area (Å²) in [5, 5.41) is 2.92. The zero-order valence-electron chi connectivity index (χ0n) is 18.0. The van der Waals surface area contributed by atoms with E-state index in [4.69, 9.17) is 9.47 Å². The first-order chi connectivity index (χ1) is 16.1. The van der Waals surface area contributed by atoms with Crippen molar-refractivity contribution in [3.63, 3.8) is 0 Å². The van der Waals surface area contributed by atoms with Crippen molar-refractivity contribution in [2.45, 2.75) is 19.3 Å². The summed E-state index contributed by atoms with van der Waals surface area (Å²) in [5.41, 5.74) is 3.63. The maximum Gasteiger partial charge on any atom is 0.255 e. The molecular formula is C26H23FN2O4. The molecular weight excluding hydrogens is 423 g/mol. The van der Waals surface area contributed by atoms with Crippen LogP contribution in [0.4, 0.5) is 15.8 Å². The highest BCUT2D eigenvalue weighted by atomic mass is 19.1. The number of ether oxygens (including phenoxy) is 2. The molecule has 0 radical (unpaired) electrons. The van der Waals surface area contributed by atoms with Crippen molar-refractivity contribution in [1.29, 1.82) is 0 Å². The number of hydrogen-bond donors (Lipinski definition) is 1. The summed E-state index contributed by atoms with van der Waals surface area (Å²) < 4.78 is 24.4. The third-order valence-electron chi connectivity index (χ3n) is 5.87. The fourth-order valence-electron chi connectivity index (χ4n) is 4.26. The lowest BCUT2D eigenvalue weighted by molar-refractivity contribution is -0.118. The number of halogens is 1. The lowest BCUT2D eigenvalue weighted by atomic mass is 9.98. The summed E-state index contributed by atoms with van der Waals surface area (Å²) in [7, 11) is 0. The first kappa shape index (κ1) is 21.0. The summed E-state index contributed by atoms with van der Waals surface area (Å²) in [5.74, 6) is 0.632. The van der Waals surface area contributed by atoms with Gasteiger partial charge in [-0.25, -0.2) is 4.39 Å². The second-order valence-corrected chi connectivity index (χ2v) is 8.07. The standard InChI is InChI=1S/C26H23FN2O4/c27-19-9-7-18(8-10-19)26(31)28-21-4-1-5-22-20(21)3-2-12-29(22)25(30)16-17-6-11-23-24(15-17)33-14-13-32-23/h1,4-11,15H,2-3,12-14,16H2,(H,28,31). The van der Waals surface area contributed by atoms with E-state index in [-0.39, 0.29) is 18.2 Å². The van der Waals surface area contributed by atoms with E-state index >= 15 is 0 Å². The first-order valence-electron chi connectivity index (χ1n) is 11.0. The zero-order chi connectivity index (χ0) is 22.8. The Morgan fingerprint density at radius 1 is 0.970 bits per heavy atom. The van der Waals surface area contributed by atoms with Crippen LogP contribution in [0.1, 0.15) is 27.9 Å². The van der Waals surface area contributed by atoms with E-state index in [1.807, 2.05) is 36.4 Å². The van der Waals surface area contributed by atoms with Crippen LogP contribution in [0.2, 0.25) is 0 Å². The molecule has 2 amide bonds. The van der Waals surface area contributed by atoms with Crippen LogP contribution in [0.5, 0.6) is 11.5 Å². The van der Waals surface area contributed by atoms with Crippen LogP contribution in [0.3, 0.4) is 0 Å². The van der Waals surface area contributed by atoms with Gasteiger partial charge >= 0.3 is 0 Å². The van der Waals surface area contributed by atoms with Gasteiger partial charge in [0, 0.05) is 23.5 Å². The van der Waals surface area contributed by atoms with Gasteiger partial charge in [-0.05, 0) is 72.5 Å². The van der Waals surface area contributed by atoms with Gasteiger partial charge in [0.1, 0.15) is 19.0 Å². The van der Waals surface area contributed by atoms with Crippen molar-refractivity contribution in [3.8, 4) is 11.5 Å². The maximum atomic E-state index is 13.2.